The van der Waals surface area contributed by atoms with Crippen molar-refractivity contribution in [1.82, 2.24) is 24.2 Å². The highest BCUT2D eigenvalue weighted by atomic mass is 19.3. The summed E-state index contributed by atoms with van der Waals surface area (Å²) in [6, 6.07) is 18.7. The summed E-state index contributed by atoms with van der Waals surface area (Å²) in [7, 11) is 1.77. The lowest BCUT2D eigenvalue weighted by atomic mass is 9.95. The Morgan fingerprint density at radius 2 is 1.70 bits per heavy atom. The summed E-state index contributed by atoms with van der Waals surface area (Å²) in [5.74, 6) is -0.268. The Hall–Kier alpha value is -4.14. The molecule has 6 nitrogen and oxygen atoms in total. The van der Waals surface area contributed by atoms with Crippen molar-refractivity contribution in [3.05, 3.63) is 83.9 Å². The number of aromatic nitrogens is 4. The summed E-state index contributed by atoms with van der Waals surface area (Å²) in [5, 5.41) is 5.26. The molecule has 0 bridgehead atoms. The topological polar surface area (TPSA) is 56.0 Å². The monoisotopic (exact) mass is 503 g/mol. The number of likely N-dealkylation sites (tertiary alicyclic amines) is 1. The van der Waals surface area contributed by atoms with Crippen molar-refractivity contribution in [2.24, 2.45) is 7.05 Å². The highest BCUT2D eigenvalue weighted by Gasteiger charge is 2.30. The highest BCUT2D eigenvalue weighted by Crippen LogP contribution is 2.34. The van der Waals surface area contributed by atoms with Gasteiger partial charge in [-0.2, -0.15) is 13.9 Å². The summed E-state index contributed by atoms with van der Waals surface area (Å²) in [5.41, 5.74) is 3.14. The first-order chi connectivity index (χ1) is 17.9. The molecule has 9 heteroatoms. The maximum atomic E-state index is 14.4. The van der Waals surface area contributed by atoms with Gasteiger partial charge >= 0.3 is 6.55 Å². The zero-order valence-corrected chi connectivity index (χ0v) is 20.1. The number of fused-ring (bicyclic) bond motifs is 2. The molecule has 5 aromatic rings. The molecular weight excluding hydrogens is 479 g/mol. The Labute approximate surface area is 210 Å². The van der Waals surface area contributed by atoms with Gasteiger partial charge < -0.3 is 4.90 Å². The molecule has 0 aliphatic carbocycles. The number of carbonyl (C=O) groups is 1. The molecule has 0 spiro atoms. The van der Waals surface area contributed by atoms with Crippen LogP contribution in [0.4, 0.5) is 13.2 Å². The van der Waals surface area contributed by atoms with Crippen LogP contribution in [0.15, 0.2) is 66.7 Å². The summed E-state index contributed by atoms with van der Waals surface area (Å²) in [4.78, 5) is 19.6. The number of alkyl halides is 2. The first kappa shape index (κ1) is 23.3. The number of halogens is 3. The fourth-order valence-electron chi connectivity index (χ4n) is 5.32. The van der Waals surface area contributed by atoms with E-state index in [1.807, 2.05) is 0 Å². The molecule has 6 rings (SSSR count). The zero-order valence-electron chi connectivity index (χ0n) is 20.1. The van der Waals surface area contributed by atoms with E-state index in [1.54, 1.807) is 77.3 Å². The van der Waals surface area contributed by atoms with Gasteiger partial charge in [0.1, 0.15) is 17.3 Å². The van der Waals surface area contributed by atoms with Gasteiger partial charge in [0.2, 0.25) is 0 Å². The Balaban J connectivity index is 1.23. The van der Waals surface area contributed by atoms with Crippen molar-refractivity contribution < 1.29 is 18.0 Å². The third kappa shape index (κ3) is 3.94. The minimum atomic E-state index is -2.68. The Bertz CT molecular complexity index is 1630. The maximum absolute atomic E-state index is 14.4. The van der Waals surface area contributed by atoms with Crippen molar-refractivity contribution in [3.8, 4) is 11.3 Å². The summed E-state index contributed by atoms with van der Waals surface area (Å²) in [6.07, 6.45) is 1.10. The van der Waals surface area contributed by atoms with Gasteiger partial charge in [-0.3, -0.25) is 14.0 Å². The van der Waals surface area contributed by atoms with E-state index in [4.69, 9.17) is 0 Å². The van der Waals surface area contributed by atoms with Gasteiger partial charge in [-0.25, -0.2) is 9.37 Å². The van der Waals surface area contributed by atoms with Crippen LogP contribution in [0.2, 0.25) is 0 Å². The van der Waals surface area contributed by atoms with Crippen molar-refractivity contribution in [3.63, 3.8) is 0 Å². The van der Waals surface area contributed by atoms with Crippen LogP contribution in [0.5, 0.6) is 0 Å². The normalized spacial score (nSPS) is 14.8. The molecule has 0 unspecified atom stereocenters. The molecule has 1 amide bonds. The number of nitrogens with zero attached hydrogens (tertiary/aromatic N) is 5. The van der Waals surface area contributed by atoms with Gasteiger partial charge in [-0.1, -0.05) is 24.3 Å². The molecule has 37 heavy (non-hydrogen) atoms. The fraction of sp³-hybridized carbons (Fsp3) is 0.250. The van der Waals surface area contributed by atoms with Crippen LogP contribution in [-0.2, 0) is 7.05 Å². The maximum Gasteiger partial charge on any atom is 0.320 e. The number of aryl methyl sites for hydroxylation is 1. The van der Waals surface area contributed by atoms with Gasteiger partial charge in [0, 0.05) is 42.6 Å². The predicted octanol–water partition coefficient (Wildman–Crippen LogP) is 6.14. The molecular formula is C28H24F3N5O. The van der Waals surface area contributed by atoms with E-state index in [0.717, 1.165) is 15.5 Å². The van der Waals surface area contributed by atoms with Crippen LogP contribution in [0, 0.1) is 5.82 Å². The molecule has 0 N–H and O–H groups in total. The second kappa shape index (κ2) is 9.06. The largest absolute Gasteiger partial charge is 0.339 e. The van der Waals surface area contributed by atoms with Crippen LogP contribution in [0.1, 0.15) is 41.5 Å². The van der Waals surface area contributed by atoms with Crippen molar-refractivity contribution in [2.45, 2.75) is 25.3 Å². The van der Waals surface area contributed by atoms with Gasteiger partial charge in [-0.15, -0.1) is 0 Å². The number of carbonyl (C=O) groups excluding carboxylic acids is 1. The molecule has 1 aliphatic rings. The number of hydrogen-bond donors (Lipinski definition) is 0. The zero-order chi connectivity index (χ0) is 25.7. The van der Waals surface area contributed by atoms with Crippen LogP contribution < -0.4 is 0 Å². The summed E-state index contributed by atoms with van der Waals surface area (Å²) >= 11 is 0. The number of hydrogen-bond acceptors (Lipinski definition) is 3. The SMILES string of the molecule is Cn1nc(-c2ccccc2F)c2ccc(C(=O)N3CCC(c4nc5ccccc5n4C(F)F)CC3)cc21. The molecule has 3 aromatic carbocycles. The smallest absolute Gasteiger partial charge is 0.320 e. The first-order valence-corrected chi connectivity index (χ1v) is 12.2. The predicted molar refractivity (Wildman–Crippen MR) is 135 cm³/mol. The molecule has 1 fully saturated rings. The third-order valence-electron chi connectivity index (χ3n) is 7.19. The lowest BCUT2D eigenvalue weighted by molar-refractivity contribution is 0.0634. The molecule has 0 radical (unpaired) electrons. The lowest BCUT2D eigenvalue weighted by Crippen LogP contribution is -2.38. The Morgan fingerprint density at radius 3 is 2.46 bits per heavy atom. The third-order valence-corrected chi connectivity index (χ3v) is 7.19. The average Bonchev–Trinajstić information content (AvgIpc) is 3.46. The van der Waals surface area contributed by atoms with Crippen molar-refractivity contribution in [1.29, 1.82) is 0 Å². The van der Waals surface area contributed by atoms with Crippen LogP contribution in [-0.4, -0.2) is 43.2 Å². The minimum absolute atomic E-state index is 0.128. The standard InChI is InChI=1S/C28H24F3N5O/c1-34-24-16-18(10-11-20(24)25(33-34)19-6-2-3-7-21(19)29)27(37)35-14-12-17(13-15-35)26-32-22-8-4-5-9-23(22)36(26)28(30)31/h2-11,16-17,28H,12-15H2,1H3. The molecule has 0 atom stereocenters. The van der Waals surface area contributed by atoms with E-state index in [0.29, 0.717) is 59.6 Å². The minimum Gasteiger partial charge on any atom is -0.339 e. The van der Waals surface area contributed by atoms with Crippen molar-refractivity contribution in [2.75, 3.05) is 13.1 Å². The highest BCUT2D eigenvalue weighted by molar-refractivity contribution is 6.01. The fourth-order valence-corrected chi connectivity index (χ4v) is 5.32. The van der Waals surface area contributed by atoms with Gasteiger partial charge in [0.05, 0.1) is 16.6 Å². The van der Waals surface area contributed by atoms with Crippen molar-refractivity contribution >= 4 is 27.8 Å². The van der Waals surface area contributed by atoms with E-state index >= 15 is 0 Å². The van der Waals surface area contributed by atoms with E-state index < -0.39 is 6.55 Å². The number of imidazole rings is 1. The molecule has 1 aliphatic heterocycles. The van der Waals surface area contributed by atoms with Crippen LogP contribution in [0.3, 0.4) is 0 Å². The molecule has 0 saturated carbocycles. The number of amides is 1. The summed E-state index contributed by atoms with van der Waals surface area (Å²) < 4.78 is 44.8. The number of piperidine rings is 1. The second-order valence-corrected chi connectivity index (χ2v) is 9.36. The first-order valence-electron chi connectivity index (χ1n) is 12.2. The number of rotatable bonds is 4. The number of para-hydroxylation sites is 2. The Kier molecular flexibility index (Phi) is 5.70. The van der Waals surface area contributed by atoms with E-state index in [9.17, 15) is 18.0 Å². The van der Waals surface area contributed by atoms with Gasteiger partial charge in [-0.05, 0) is 55.3 Å². The van der Waals surface area contributed by atoms with Gasteiger partial charge in [0.25, 0.3) is 5.91 Å². The van der Waals surface area contributed by atoms with Gasteiger partial charge in [0.15, 0.2) is 0 Å². The molecule has 188 valence electrons. The number of benzene rings is 3. The molecule has 2 aromatic heterocycles. The Morgan fingerprint density at radius 1 is 0.973 bits per heavy atom. The quantitative estimate of drug-likeness (QED) is 0.296. The van der Waals surface area contributed by atoms with Crippen LogP contribution in [0.25, 0.3) is 33.2 Å². The second-order valence-electron chi connectivity index (χ2n) is 9.36. The van der Waals surface area contributed by atoms with E-state index in [1.165, 1.54) is 6.07 Å². The molecule has 1 saturated heterocycles. The average molecular weight is 504 g/mol. The lowest BCUT2D eigenvalue weighted by Gasteiger charge is -2.32. The molecule has 3 heterocycles. The summed E-state index contributed by atoms with van der Waals surface area (Å²) in [6.45, 7) is -1.79. The van der Waals surface area contributed by atoms with Crippen LogP contribution >= 0.6 is 0 Å². The van der Waals surface area contributed by atoms with E-state index in [2.05, 4.69) is 10.1 Å². The van der Waals surface area contributed by atoms with E-state index in [-0.39, 0.29) is 17.6 Å².